The van der Waals surface area contributed by atoms with E-state index in [1.165, 1.54) is 0 Å². The molecule has 0 aliphatic carbocycles. The molecule has 2 rings (SSSR count). The van der Waals surface area contributed by atoms with E-state index in [1.54, 1.807) is 37.4 Å². The summed E-state index contributed by atoms with van der Waals surface area (Å²) in [6, 6.07) is 16.1. The number of carboxylic acid groups (broad SMARTS) is 1. The SMILES string of the molecule is COc1cccc(C(C)N)c1.O=C(O)[C@@H](O)c1ccccc1. The van der Waals surface area contributed by atoms with Gasteiger partial charge in [-0.2, -0.15) is 0 Å². The summed E-state index contributed by atoms with van der Waals surface area (Å²) in [6.07, 6.45) is -1.41. The fourth-order valence-electron chi connectivity index (χ4n) is 1.70. The van der Waals surface area contributed by atoms with Crippen LogP contribution in [0.2, 0.25) is 0 Å². The van der Waals surface area contributed by atoms with Crippen molar-refractivity contribution in [3.05, 3.63) is 65.7 Å². The van der Waals surface area contributed by atoms with Crippen LogP contribution in [0.1, 0.15) is 30.2 Å². The van der Waals surface area contributed by atoms with E-state index in [1.807, 2.05) is 31.2 Å². The summed E-state index contributed by atoms with van der Waals surface area (Å²) < 4.78 is 5.05. The third-order valence-electron chi connectivity index (χ3n) is 2.97. The second-order valence-corrected chi connectivity index (χ2v) is 4.72. The van der Waals surface area contributed by atoms with Crippen LogP contribution in [0.3, 0.4) is 0 Å². The molecule has 0 aliphatic heterocycles. The van der Waals surface area contributed by atoms with E-state index in [0.29, 0.717) is 5.56 Å². The summed E-state index contributed by atoms with van der Waals surface area (Å²) in [7, 11) is 1.65. The predicted octanol–water partition coefficient (Wildman–Crippen LogP) is 2.52. The molecule has 22 heavy (non-hydrogen) atoms. The zero-order valence-corrected chi connectivity index (χ0v) is 12.6. The Morgan fingerprint density at radius 3 is 2.18 bits per heavy atom. The van der Waals surface area contributed by atoms with Crippen LogP contribution < -0.4 is 10.5 Å². The van der Waals surface area contributed by atoms with Crippen molar-refractivity contribution in [2.24, 2.45) is 5.73 Å². The molecule has 5 heteroatoms. The molecule has 2 atom stereocenters. The molecule has 0 spiro atoms. The van der Waals surface area contributed by atoms with E-state index < -0.39 is 12.1 Å². The van der Waals surface area contributed by atoms with E-state index in [4.69, 9.17) is 20.7 Å². The van der Waals surface area contributed by atoms with Gasteiger partial charge >= 0.3 is 5.97 Å². The van der Waals surface area contributed by atoms with Crippen LogP contribution in [0, 0.1) is 0 Å². The van der Waals surface area contributed by atoms with Crippen molar-refractivity contribution in [2.45, 2.75) is 19.1 Å². The molecule has 0 fully saturated rings. The van der Waals surface area contributed by atoms with Crippen molar-refractivity contribution in [3.63, 3.8) is 0 Å². The predicted molar refractivity (Wildman–Crippen MR) is 84.6 cm³/mol. The number of nitrogens with two attached hydrogens (primary N) is 1. The van der Waals surface area contributed by atoms with Gasteiger partial charge in [-0.3, -0.25) is 0 Å². The number of aliphatic hydroxyl groups is 1. The lowest BCUT2D eigenvalue weighted by atomic mass is 10.1. The topological polar surface area (TPSA) is 92.8 Å². The van der Waals surface area contributed by atoms with Gasteiger partial charge in [-0.25, -0.2) is 4.79 Å². The highest BCUT2D eigenvalue weighted by Crippen LogP contribution is 2.16. The normalized spacial score (nSPS) is 12.5. The summed E-state index contributed by atoms with van der Waals surface area (Å²) in [5, 5.41) is 17.4. The van der Waals surface area contributed by atoms with Crippen LogP contribution in [0.5, 0.6) is 5.75 Å². The van der Waals surface area contributed by atoms with Gasteiger partial charge in [0.05, 0.1) is 7.11 Å². The van der Waals surface area contributed by atoms with Gasteiger partial charge in [0.2, 0.25) is 0 Å². The Bertz CT molecular complexity index is 584. The number of rotatable bonds is 4. The summed E-state index contributed by atoms with van der Waals surface area (Å²) in [6.45, 7) is 1.95. The van der Waals surface area contributed by atoms with Gasteiger partial charge in [-0.1, -0.05) is 42.5 Å². The van der Waals surface area contributed by atoms with Crippen LogP contribution in [0.4, 0.5) is 0 Å². The number of carboxylic acids is 1. The van der Waals surface area contributed by atoms with Gasteiger partial charge in [-0.05, 0) is 30.2 Å². The van der Waals surface area contributed by atoms with E-state index in [0.717, 1.165) is 11.3 Å². The molecule has 4 N–H and O–H groups in total. The molecule has 0 saturated carbocycles. The fourth-order valence-corrected chi connectivity index (χ4v) is 1.70. The average Bonchev–Trinajstić information content (AvgIpc) is 2.55. The molecule has 0 heterocycles. The Hall–Kier alpha value is -2.37. The highest BCUT2D eigenvalue weighted by Gasteiger charge is 2.14. The summed E-state index contributed by atoms with van der Waals surface area (Å²) in [5.41, 5.74) is 7.19. The molecule has 0 aliphatic rings. The molecule has 0 radical (unpaired) electrons. The van der Waals surface area contributed by atoms with Gasteiger partial charge in [0.25, 0.3) is 0 Å². The number of aliphatic carboxylic acids is 1. The van der Waals surface area contributed by atoms with Crippen LogP contribution in [-0.4, -0.2) is 23.3 Å². The first-order chi connectivity index (χ1) is 10.5. The van der Waals surface area contributed by atoms with Gasteiger partial charge in [0.15, 0.2) is 6.10 Å². The van der Waals surface area contributed by atoms with Gasteiger partial charge < -0.3 is 20.7 Å². The molecule has 5 nitrogen and oxygen atoms in total. The van der Waals surface area contributed by atoms with Crippen molar-refractivity contribution in [1.82, 2.24) is 0 Å². The highest BCUT2D eigenvalue weighted by molar-refractivity contribution is 5.73. The first kappa shape index (κ1) is 17.7. The smallest absolute Gasteiger partial charge is 0.337 e. The lowest BCUT2D eigenvalue weighted by Crippen LogP contribution is -2.09. The minimum Gasteiger partial charge on any atom is -0.497 e. The molecule has 0 amide bonds. The lowest BCUT2D eigenvalue weighted by molar-refractivity contribution is -0.146. The van der Waals surface area contributed by atoms with E-state index in [2.05, 4.69) is 0 Å². The first-order valence-corrected chi connectivity index (χ1v) is 6.81. The number of aliphatic hydroxyl groups excluding tert-OH is 1. The van der Waals surface area contributed by atoms with Gasteiger partial charge in [0, 0.05) is 6.04 Å². The number of ether oxygens (including phenoxy) is 1. The fraction of sp³-hybridized carbons (Fsp3) is 0.235. The Morgan fingerprint density at radius 1 is 1.09 bits per heavy atom. The van der Waals surface area contributed by atoms with Crippen molar-refractivity contribution >= 4 is 5.97 Å². The number of hydrogen-bond acceptors (Lipinski definition) is 4. The van der Waals surface area contributed by atoms with Gasteiger partial charge in [0.1, 0.15) is 5.75 Å². The Kier molecular flexibility index (Phi) is 7.08. The molecule has 0 saturated heterocycles. The molecular weight excluding hydrogens is 282 g/mol. The quantitative estimate of drug-likeness (QED) is 0.807. The van der Waals surface area contributed by atoms with Crippen LogP contribution in [0.25, 0.3) is 0 Å². The summed E-state index contributed by atoms with van der Waals surface area (Å²) in [5.74, 6) is -0.365. The third kappa shape index (κ3) is 5.55. The second kappa shape index (κ2) is 8.81. The number of carbonyl (C=O) groups is 1. The number of hydrogen-bond donors (Lipinski definition) is 3. The lowest BCUT2D eigenvalue weighted by Gasteiger charge is -2.06. The van der Waals surface area contributed by atoms with Gasteiger partial charge in [-0.15, -0.1) is 0 Å². The number of benzene rings is 2. The zero-order chi connectivity index (χ0) is 16.5. The monoisotopic (exact) mass is 303 g/mol. The first-order valence-electron chi connectivity index (χ1n) is 6.81. The van der Waals surface area contributed by atoms with Crippen molar-refractivity contribution in [3.8, 4) is 5.75 Å². The maximum absolute atomic E-state index is 10.2. The number of methoxy groups -OCH3 is 1. The molecule has 118 valence electrons. The van der Waals surface area contributed by atoms with Crippen LogP contribution in [-0.2, 0) is 4.79 Å². The van der Waals surface area contributed by atoms with Crippen LogP contribution in [0.15, 0.2) is 54.6 Å². The minimum absolute atomic E-state index is 0.0742. The molecule has 1 unspecified atom stereocenters. The Labute approximate surface area is 130 Å². The molecule has 2 aromatic rings. The highest BCUT2D eigenvalue weighted by atomic mass is 16.5. The minimum atomic E-state index is -1.41. The standard InChI is InChI=1S/C9H13NO.C8H8O3/c1-7(10)8-4-3-5-9(6-8)11-2;9-7(8(10)11)6-4-2-1-3-5-6/h3-7H,10H2,1-2H3;1-5,7,9H,(H,10,11)/t;7-/m.0/s1. The van der Waals surface area contributed by atoms with E-state index in [-0.39, 0.29) is 6.04 Å². The maximum Gasteiger partial charge on any atom is 0.337 e. The molecular formula is C17H21NO4. The Morgan fingerprint density at radius 2 is 1.68 bits per heavy atom. The zero-order valence-electron chi connectivity index (χ0n) is 12.6. The Balaban J connectivity index is 0.000000220. The van der Waals surface area contributed by atoms with E-state index in [9.17, 15) is 4.79 Å². The van der Waals surface area contributed by atoms with E-state index >= 15 is 0 Å². The van der Waals surface area contributed by atoms with Crippen molar-refractivity contribution in [2.75, 3.05) is 7.11 Å². The summed E-state index contributed by atoms with van der Waals surface area (Å²) in [4.78, 5) is 10.2. The van der Waals surface area contributed by atoms with Crippen molar-refractivity contribution in [1.29, 1.82) is 0 Å². The molecule has 0 aromatic heterocycles. The average molecular weight is 303 g/mol. The summed E-state index contributed by atoms with van der Waals surface area (Å²) >= 11 is 0. The molecule has 0 bridgehead atoms. The third-order valence-corrected chi connectivity index (χ3v) is 2.97. The maximum atomic E-state index is 10.2. The molecule has 2 aromatic carbocycles. The van der Waals surface area contributed by atoms with Crippen molar-refractivity contribution < 1.29 is 19.7 Å². The largest absolute Gasteiger partial charge is 0.497 e. The van der Waals surface area contributed by atoms with Crippen LogP contribution >= 0.6 is 0 Å². The second-order valence-electron chi connectivity index (χ2n) is 4.72.